The minimum absolute atomic E-state index is 0.0673. The van der Waals surface area contributed by atoms with E-state index in [0.717, 1.165) is 17.0 Å². The van der Waals surface area contributed by atoms with Crippen molar-refractivity contribution >= 4 is 17.5 Å². The van der Waals surface area contributed by atoms with E-state index in [-0.39, 0.29) is 11.8 Å². The van der Waals surface area contributed by atoms with Crippen molar-refractivity contribution in [1.29, 1.82) is 0 Å². The average molecular weight is 576 g/mol. The van der Waals surface area contributed by atoms with Crippen LogP contribution < -0.4 is 28.6 Å². The summed E-state index contributed by atoms with van der Waals surface area (Å²) in [4.78, 5) is 34.1. The Morgan fingerprint density at radius 1 is 0.714 bits per heavy atom. The molecular weight excluding hydrogens is 538 g/mol. The maximum atomic E-state index is 14.6. The number of benzene rings is 3. The molecule has 10 nitrogen and oxygen atoms in total. The molecule has 2 aliphatic rings. The summed E-state index contributed by atoms with van der Waals surface area (Å²) in [6.07, 6.45) is 0. The smallest absolute Gasteiger partial charge is 0.254 e. The van der Waals surface area contributed by atoms with Crippen LogP contribution in [0, 0.1) is 0 Å². The number of rotatable bonds is 8. The highest BCUT2D eigenvalue weighted by molar-refractivity contribution is 6.02. The van der Waals surface area contributed by atoms with Crippen LogP contribution in [0.25, 0.3) is 0 Å². The highest BCUT2D eigenvalue weighted by atomic mass is 16.5. The lowest BCUT2D eigenvalue weighted by Gasteiger charge is -2.44. The quantitative estimate of drug-likeness (QED) is 0.399. The predicted molar refractivity (Wildman–Crippen MR) is 158 cm³/mol. The number of fused-ring (bicyclic) bond motifs is 1. The van der Waals surface area contributed by atoms with Crippen LogP contribution in [-0.4, -0.2) is 90.4 Å². The first-order valence-electron chi connectivity index (χ1n) is 13.8. The predicted octanol–water partition coefficient (Wildman–Crippen LogP) is 3.99. The molecule has 0 bridgehead atoms. The topological polar surface area (TPSA) is 90.0 Å². The lowest BCUT2D eigenvalue weighted by Crippen LogP contribution is -2.53. The lowest BCUT2D eigenvalue weighted by atomic mass is 9.78. The zero-order chi connectivity index (χ0) is 30.0. The first kappa shape index (κ1) is 28.9. The van der Waals surface area contributed by atoms with Crippen LogP contribution in [-0.2, 0) is 4.79 Å². The number of amides is 2. The highest BCUT2D eigenvalue weighted by Gasteiger charge is 2.45. The van der Waals surface area contributed by atoms with E-state index in [1.54, 1.807) is 58.6 Å². The number of carbonyl (C=O) groups excluding carboxylic acids is 2. The van der Waals surface area contributed by atoms with Gasteiger partial charge in [-0.3, -0.25) is 9.59 Å². The van der Waals surface area contributed by atoms with Crippen LogP contribution in [0.3, 0.4) is 0 Å². The summed E-state index contributed by atoms with van der Waals surface area (Å²) in [6, 6.07) is 16.2. The molecule has 2 heterocycles. The van der Waals surface area contributed by atoms with Crippen molar-refractivity contribution in [3.05, 3.63) is 71.3 Å². The standard InChI is InChI=1S/C32H37N3O7/c1-33-30(20-11-12-25(39-3)26(17-20)40-4)29(21-18-27(41-5)28(42-6)19-22(21)31(33)36)32(37)35-15-13-34(14-16-35)23-9-7-8-10-24(23)38-2/h7-12,17-19,29-30H,13-16H2,1-6H3/t29-,30-/m1/s1. The normalized spacial score (nSPS) is 18.3. The first-order valence-corrected chi connectivity index (χ1v) is 13.8. The minimum Gasteiger partial charge on any atom is -0.495 e. The fourth-order valence-electron chi connectivity index (χ4n) is 6.02. The molecular formula is C32H37N3O7. The van der Waals surface area contributed by atoms with Crippen molar-refractivity contribution in [2.24, 2.45) is 0 Å². The monoisotopic (exact) mass is 575 g/mol. The third-order valence-corrected chi connectivity index (χ3v) is 8.21. The van der Waals surface area contributed by atoms with Gasteiger partial charge in [-0.1, -0.05) is 18.2 Å². The van der Waals surface area contributed by atoms with Gasteiger partial charge in [0.25, 0.3) is 5.91 Å². The van der Waals surface area contributed by atoms with Gasteiger partial charge in [0.15, 0.2) is 23.0 Å². The van der Waals surface area contributed by atoms with E-state index >= 15 is 0 Å². The first-order chi connectivity index (χ1) is 20.4. The number of nitrogens with zero attached hydrogens (tertiary/aromatic N) is 3. The minimum atomic E-state index is -0.696. The zero-order valence-corrected chi connectivity index (χ0v) is 24.9. The largest absolute Gasteiger partial charge is 0.495 e. The molecule has 0 aromatic heterocycles. The second kappa shape index (κ2) is 12.1. The Hall–Kier alpha value is -4.60. The molecule has 1 fully saturated rings. The Labute approximate surface area is 246 Å². The van der Waals surface area contributed by atoms with E-state index in [1.165, 1.54) is 7.11 Å². The summed E-state index contributed by atoms with van der Waals surface area (Å²) >= 11 is 0. The lowest BCUT2D eigenvalue weighted by molar-refractivity contribution is -0.134. The van der Waals surface area contributed by atoms with Gasteiger partial charge in [0.05, 0.1) is 53.2 Å². The Morgan fingerprint density at radius 3 is 1.95 bits per heavy atom. The van der Waals surface area contributed by atoms with Crippen molar-refractivity contribution in [2.45, 2.75) is 12.0 Å². The van der Waals surface area contributed by atoms with Crippen LogP contribution in [0.15, 0.2) is 54.6 Å². The molecule has 0 spiro atoms. The molecule has 0 unspecified atom stereocenters. The van der Waals surface area contributed by atoms with E-state index in [1.807, 2.05) is 41.3 Å². The Balaban J connectivity index is 1.55. The van der Waals surface area contributed by atoms with Gasteiger partial charge in [-0.15, -0.1) is 0 Å². The molecule has 0 N–H and O–H groups in total. The molecule has 3 aromatic rings. The van der Waals surface area contributed by atoms with Crippen LogP contribution in [0.1, 0.15) is 33.4 Å². The Kier molecular flexibility index (Phi) is 8.33. The second-order valence-corrected chi connectivity index (χ2v) is 10.2. The molecule has 1 saturated heterocycles. The third kappa shape index (κ3) is 5.01. The molecule has 2 aliphatic heterocycles. The Bertz CT molecular complexity index is 1470. The number of methoxy groups -OCH3 is 5. The summed E-state index contributed by atoms with van der Waals surface area (Å²) in [5.41, 5.74) is 2.78. The van der Waals surface area contributed by atoms with Gasteiger partial charge in [0.2, 0.25) is 5.91 Å². The van der Waals surface area contributed by atoms with Crippen molar-refractivity contribution in [3.63, 3.8) is 0 Å². The number of piperazine rings is 1. The van der Waals surface area contributed by atoms with Crippen molar-refractivity contribution in [1.82, 2.24) is 9.80 Å². The SMILES string of the molecule is COc1ccc([C@@H]2[C@H](C(=O)N3CCN(c4ccccc4OC)CC3)c3cc(OC)c(OC)cc3C(=O)N2C)cc1OC. The fraction of sp³-hybridized carbons (Fsp3) is 0.375. The van der Waals surface area contributed by atoms with Gasteiger partial charge < -0.3 is 38.4 Å². The van der Waals surface area contributed by atoms with Gasteiger partial charge >= 0.3 is 0 Å². The maximum Gasteiger partial charge on any atom is 0.254 e. The van der Waals surface area contributed by atoms with Gasteiger partial charge in [-0.05, 0) is 47.5 Å². The molecule has 222 valence electrons. The summed E-state index contributed by atoms with van der Waals surface area (Å²) in [5.74, 6) is 1.79. The van der Waals surface area contributed by atoms with Gasteiger partial charge in [-0.25, -0.2) is 0 Å². The number of ether oxygens (including phenoxy) is 5. The molecule has 42 heavy (non-hydrogen) atoms. The molecule has 10 heteroatoms. The van der Waals surface area contributed by atoms with Crippen LogP contribution in [0.4, 0.5) is 5.69 Å². The van der Waals surface area contributed by atoms with E-state index in [0.29, 0.717) is 60.3 Å². The number of likely N-dealkylation sites (N-methyl/N-ethyl adjacent to an activating group) is 1. The summed E-state index contributed by atoms with van der Waals surface area (Å²) in [5, 5.41) is 0. The number of carbonyl (C=O) groups is 2. The van der Waals surface area contributed by atoms with Gasteiger partial charge in [0.1, 0.15) is 5.75 Å². The number of hydrogen-bond acceptors (Lipinski definition) is 8. The van der Waals surface area contributed by atoms with Gasteiger partial charge in [0, 0.05) is 38.8 Å². The van der Waals surface area contributed by atoms with Crippen LogP contribution in [0.5, 0.6) is 28.7 Å². The number of para-hydroxylation sites is 2. The Morgan fingerprint density at radius 2 is 1.31 bits per heavy atom. The molecule has 0 saturated carbocycles. The van der Waals surface area contributed by atoms with E-state index in [9.17, 15) is 9.59 Å². The fourth-order valence-corrected chi connectivity index (χ4v) is 6.02. The summed E-state index contributed by atoms with van der Waals surface area (Å²) in [6.45, 7) is 2.33. The molecule has 2 atom stereocenters. The molecule has 0 aliphatic carbocycles. The maximum absolute atomic E-state index is 14.6. The zero-order valence-electron chi connectivity index (χ0n) is 24.9. The molecule has 3 aromatic carbocycles. The van der Waals surface area contributed by atoms with Gasteiger partial charge in [-0.2, -0.15) is 0 Å². The van der Waals surface area contributed by atoms with E-state index in [4.69, 9.17) is 23.7 Å². The third-order valence-electron chi connectivity index (χ3n) is 8.21. The second-order valence-electron chi connectivity index (χ2n) is 10.2. The van der Waals surface area contributed by atoms with Crippen molar-refractivity contribution in [3.8, 4) is 28.7 Å². The van der Waals surface area contributed by atoms with E-state index < -0.39 is 12.0 Å². The molecule has 0 radical (unpaired) electrons. The molecule has 5 rings (SSSR count). The summed E-state index contributed by atoms with van der Waals surface area (Å²) < 4.78 is 27.7. The van der Waals surface area contributed by atoms with Crippen molar-refractivity contribution in [2.75, 3.05) is 73.7 Å². The average Bonchev–Trinajstić information content (AvgIpc) is 3.05. The molecule has 2 amide bonds. The van der Waals surface area contributed by atoms with Crippen molar-refractivity contribution < 1.29 is 33.3 Å². The van der Waals surface area contributed by atoms with Crippen LogP contribution in [0.2, 0.25) is 0 Å². The van der Waals surface area contributed by atoms with Crippen LogP contribution >= 0.6 is 0 Å². The summed E-state index contributed by atoms with van der Waals surface area (Å²) in [7, 11) is 9.59. The number of anilines is 1. The number of hydrogen-bond donors (Lipinski definition) is 0. The highest BCUT2D eigenvalue weighted by Crippen LogP contribution is 2.47. The van der Waals surface area contributed by atoms with E-state index in [2.05, 4.69) is 4.90 Å².